The van der Waals surface area contributed by atoms with Crippen LogP contribution in [0.3, 0.4) is 0 Å². The summed E-state index contributed by atoms with van der Waals surface area (Å²) in [7, 11) is -3.50. The normalized spacial score (nSPS) is 18.0. The second-order valence-electron chi connectivity index (χ2n) is 6.50. The van der Waals surface area contributed by atoms with Crippen molar-refractivity contribution in [3.8, 4) is 5.69 Å². The van der Waals surface area contributed by atoms with Gasteiger partial charge in [-0.1, -0.05) is 25.4 Å². The van der Waals surface area contributed by atoms with Crippen LogP contribution in [-0.2, 0) is 14.8 Å². The van der Waals surface area contributed by atoms with Crippen LogP contribution >= 0.6 is 11.6 Å². The molecule has 3 rings (SSSR count). The van der Waals surface area contributed by atoms with Crippen LogP contribution in [-0.4, -0.2) is 36.7 Å². The van der Waals surface area contributed by atoms with E-state index in [0.29, 0.717) is 17.3 Å². The molecule has 0 radical (unpaired) electrons. The molecule has 1 unspecified atom stereocenters. The van der Waals surface area contributed by atoms with E-state index in [1.807, 2.05) is 26.0 Å². The van der Waals surface area contributed by atoms with Crippen molar-refractivity contribution in [3.05, 3.63) is 41.2 Å². The lowest BCUT2D eigenvalue weighted by molar-refractivity contribution is 0.127. The zero-order valence-electron chi connectivity index (χ0n) is 14.3. The van der Waals surface area contributed by atoms with E-state index < -0.39 is 10.0 Å². The molecule has 136 valence electrons. The molecule has 0 amide bonds. The van der Waals surface area contributed by atoms with Gasteiger partial charge in [-0.3, -0.25) is 4.72 Å². The molecule has 1 aliphatic heterocycles. The quantitative estimate of drug-likeness (QED) is 0.827. The lowest BCUT2D eigenvalue weighted by atomic mass is 10.1. The van der Waals surface area contributed by atoms with E-state index in [9.17, 15) is 8.42 Å². The van der Waals surface area contributed by atoms with Crippen LogP contribution in [0.15, 0.2) is 30.5 Å². The predicted octanol–water partition coefficient (Wildman–Crippen LogP) is 3.57. The summed E-state index contributed by atoms with van der Waals surface area (Å²) in [4.78, 5) is 0. The zero-order valence-corrected chi connectivity index (χ0v) is 15.8. The van der Waals surface area contributed by atoms with Crippen LogP contribution in [0.5, 0.6) is 0 Å². The molecule has 2 aromatic rings. The number of nitrogens with zero attached hydrogens (tertiary/aromatic N) is 2. The smallest absolute Gasteiger partial charge is 0.235 e. The number of aromatic nitrogens is 2. The van der Waals surface area contributed by atoms with Gasteiger partial charge in [0.05, 0.1) is 35.1 Å². The van der Waals surface area contributed by atoms with Gasteiger partial charge >= 0.3 is 0 Å². The molecule has 1 aromatic carbocycles. The summed E-state index contributed by atoms with van der Waals surface area (Å²) >= 11 is 5.94. The van der Waals surface area contributed by atoms with Crippen LogP contribution in [0.2, 0.25) is 5.02 Å². The average molecular weight is 384 g/mol. The molecule has 1 atom stereocenters. The Hall–Kier alpha value is -1.57. The van der Waals surface area contributed by atoms with E-state index in [2.05, 4.69) is 9.82 Å². The Morgan fingerprint density at radius 1 is 1.36 bits per heavy atom. The van der Waals surface area contributed by atoms with Crippen molar-refractivity contribution < 1.29 is 13.2 Å². The number of hydrogen-bond acceptors (Lipinski definition) is 4. The maximum absolute atomic E-state index is 12.5. The number of hydrogen-bond donors (Lipinski definition) is 1. The highest BCUT2D eigenvalue weighted by Crippen LogP contribution is 2.28. The van der Waals surface area contributed by atoms with Crippen molar-refractivity contribution in [2.45, 2.75) is 38.7 Å². The number of anilines is 1. The van der Waals surface area contributed by atoms with Gasteiger partial charge in [-0.2, -0.15) is 5.10 Å². The number of rotatable bonds is 6. The van der Waals surface area contributed by atoms with E-state index >= 15 is 0 Å². The Labute approximate surface area is 153 Å². The first kappa shape index (κ1) is 18.2. The fraction of sp³-hybridized carbons (Fsp3) is 0.471. The van der Waals surface area contributed by atoms with Gasteiger partial charge in [0.25, 0.3) is 0 Å². The van der Waals surface area contributed by atoms with E-state index in [4.69, 9.17) is 16.3 Å². The summed E-state index contributed by atoms with van der Waals surface area (Å²) in [6.07, 6.45) is 3.01. The molecule has 0 spiro atoms. The number of ether oxygens (including phenoxy) is 1. The van der Waals surface area contributed by atoms with Crippen LogP contribution in [0.25, 0.3) is 5.69 Å². The molecular weight excluding hydrogens is 362 g/mol. The topological polar surface area (TPSA) is 73.2 Å². The minimum Gasteiger partial charge on any atom is -0.377 e. The molecule has 1 fully saturated rings. The third-order valence-corrected chi connectivity index (χ3v) is 5.71. The van der Waals surface area contributed by atoms with Crippen molar-refractivity contribution in [1.29, 1.82) is 0 Å². The predicted molar refractivity (Wildman–Crippen MR) is 99.0 cm³/mol. The van der Waals surface area contributed by atoms with Crippen LogP contribution in [0, 0.1) is 0 Å². The number of sulfonamides is 1. The number of benzene rings is 1. The highest BCUT2D eigenvalue weighted by Gasteiger charge is 2.25. The van der Waals surface area contributed by atoms with Crippen LogP contribution in [0.1, 0.15) is 38.3 Å². The van der Waals surface area contributed by atoms with Gasteiger partial charge in [0.2, 0.25) is 10.0 Å². The Morgan fingerprint density at radius 2 is 2.08 bits per heavy atom. The summed E-state index contributed by atoms with van der Waals surface area (Å²) in [5.41, 5.74) is 2.14. The van der Waals surface area contributed by atoms with E-state index in [-0.39, 0.29) is 17.8 Å². The van der Waals surface area contributed by atoms with Crippen molar-refractivity contribution in [2.75, 3.05) is 17.1 Å². The largest absolute Gasteiger partial charge is 0.377 e. The van der Waals surface area contributed by atoms with Gasteiger partial charge in [0.15, 0.2) is 0 Å². The Balaban J connectivity index is 1.87. The van der Waals surface area contributed by atoms with Gasteiger partial charge < -0.3 is 4.74 Å². The number of nitrogens with one attached hydrogen (secondary N) is 1. The monoisotopic (exact) mass is 383 g/mol. The van der Waals surface area contributed by atoms with Crippen LogP contribution in [0.4, 0.5) is 5.69 Å². The number of halogens is 1. The second kappa shape index (κ2) is 7.35. The molecule has 25 heavy (non-hydrogen) atoms. The fourth-order valence-electron chi connectivity index (χ4n) is 3.01. The summed E-state index contributed by atoms with van der Waals surface area (Å²) < 4.78 is 34.8. The summed E-state index contributed by atoms with van der Waals surface area (Å²) in [6.45, 7) is 4.63. The molecule has 1 aromatic heterocycles. The average Bonchev–Trinajstić information content (AvgIpc) is 3.17. The Bertz CT molecular complexity index is 825. The Kier molecular flexibility index (Phi) is 5.36. The van der Waals surface area contributed by atoms with Gasteiger partial charge in [-0.25, -0.2) is 13.1 Å². The maximum Gasteiger partial charge on any atom is 0.235 e. The van der Waals surface area contributed by atoms with Gasteiger partial charge in [-0.05, 0) is 43.0 Å². The summed E-state index contributed by atoms with van der Waals surface area (Å²) in [6, 6.07) is 7.27. The zero-order chi connectivity index (χ0) is 18.0. The van der Waals surface area contributed by atoms with Gasteiger partial charge in [0.1, 0.15) is 0 Å². The first-order valence-electron chi connectivity index (χ1n) is 8.31. The second-order valence-corrected chi connectivity index (χ2v) is 8.71. The molecule has 0 bridgehead atoms. The Morgan fingerprint density at radius 3 is 2.68 bits per heavy atom. The third kappa shape index (κ3) is 4.34. The van der Waals surface area contributed by atoms with Gasteiger partial charge in [-0.15, -0.1) is 0 Å². The molecule has 0 aliphatic carbocycles. The third-order valence-electron chi connectivity index (χ3n) is 4.12. The van der Waals surface area contributed by atoms with Crippen molar-refractivity contribution in [3.63, 3.8) is 0 Å². The molecule has 1 aliphatic rings. The first-order chi connectivity index (χ1) is 11.9. The molecule has 1 N–H and O–H groups in total. The lowest BCUT2D eigenvalue weighted by Crippen LogP contribution is -2.26. The molecule has 8 heteroatoms. The summed E-state index contributed by atoms with van der Waals surface area (Å²) in [5.74, 6) is 0.0510. The van der Waals surface area contributed by atoms with Crippen LogP contribution < -0.4 is 4.72 Å². The molecular formula is C17H22ClN3O3S. The standard InChI is InChI=1S/C17H22ClN3O3S/c1-12(2)17-16(20-25(22,23)11-15-4-3-9-24-15)10-19-21(17)14-7-5-13(18)6-8-14/h5-8,10,12,15,20H,3-4,9,11H2,1-2H3. The summed E-state index contributed by atoms with van der Waals surface area (Å²) in [5, 5.41) is 5.01. The highest BCUT2D eigenvalue weighted by atomic mass is 35.5. The highest BCUT2D eigenvalue weighted by molar-refractivity contribution is 7.92. The van der Waals surface area contributed by atoms with Gasteiger partial charge in [0, 0.05) is 11.6 Å². The minimum absolute atomic E-state index is 0.0311. The van der Waals surface area contributed by atoms with Crippen molar-refractivity contribution in [1.82, 2.24) is 9.78 Å². The van der Waals surface area contributed by atoms with Crippen molar-refractivity contribution in [2.24, 2.45) is 0 Å². The molecule has 6 nitrogen and oxygen atoms in total. The molecule has 2 heterocycles. The molecule has 0 saturated carbocycles. The molecule has 1 saturated heterocycles. The van der Waals surface area contributed by atoms with E-state index in [1.54, 1.807) is 23.0 Å². The SMILES string of the molecule is CC(C)c1c(NS(=O)(=O)CC2CCCO2)cnn1-c1ccc(Cl)cc1. The first-order valence-corrected chi connectivity index (χ1v) is 10.3. The lowest BCUT2D eigenvalue weighted by Gasteiger charge is -2.15. The van der Waals surface area contributed by atoms with E-state index in [0.717, 1.165) is 24.2 Å². The fourth-order valence-corrected chi connectivity index (χ4v) is 4.46. The van der Waals surface area contributed by atoms with E-state index in [1.165, 1.54) is 0 Å². The van der Waals surface area contributed by atoms with Crippen molar-refractivity contribution >= 4 is 27.3 Å². The maximum atomic E-state index is 12.5. The minimum atomic E-state index is -3.50.